The van der Waals surface area contributed by atoms with Crippen LogP contribution in [0.5, 0.6) is 0 Å². The van der Waals surface area contributed by atoms with Crippen molar-refractivity contribution in [2.24, 2.45) is 5.73 Å². The molecule has 1 unspecified atom stereocenters. The van der Waals surface area contributed by atoms with Crippen LogP contribution >= 0.6 is 43.2 Å². The van der Waals surface area contributed by atoms with E-state index >= 15 is 0 Å². The average molecular weight is 366 g/mol. The third-order valence-electron chi connectivity index (χ3n) is 2.16. The van der Waals surface area contributed by atoms with E-state index in [0.717, 1.165) is 13.1 Å². The standard InChI is InChI=1S/C10H7Br2FN2S/c11-8-3-6(10(12)16-8)9(14)5-1-2-15-4-7(5)13/h1-4,9H,14H2. The lowest BCUT2D eigenvalue weighted by molar-refractivity contribution is 0.593. The van der Waals surface area contributed by atoms with E-state index < -0.39 is 6.04 Å². The number of hydrogen-bond acceptors (Lipinski definition) is 3. The van der Waals surface area contributed by atoms with Crippen LogP contribution in [0, 0.1) is 5.82 Å². The second-order valence-corrected chi connectivity index (χ2v) is 6.90. The summed E-state index contributed by atoms with van der Waals surface area (Å²) in [4.78, 5) is 3.70. The molecule has 2 N–H and O–H groups in total. The Morgan fingerprint density at radius 1 is 1.38 bits per heavy atom. The number of nitrogens with two attached hydrogens (primary N) is 1. The quantitative estimate of drug-likeness (QED) is 0.877. The minimum Gasteiger partial charge on any atom is -0.320 e. The lowest BCUT2D eigenvalue weighted by Gasteiger charge is -2.11. The number of pyridine rings is 1. The lowest BCUT2D eigenvalue weighted by Crippen LogP contribution is -2.13. The normalized spacial score (nSPS) is 12.8. The molecule has 0 saturated carbocycles. The molecule has 0 fully saturated rings. The van der Waals surface area contributed by atoms with Crippen molar-refractivity contribution in [1.29, 1.82) is 0 Å². The van der Waals surface area contributed by atoms with Gasteiger partial charge in [-0.15, -0.1) is 11.3 Å². The molecule has 1 atom stereocenters. The Bertz CT molecular complexity index is 515. The summed E-state index contributed by atoms with van der Waals surface area (Å²) in [5.41, 5.74) is 7.33. The van der Waals surface area contributed by atoms with Gasteiger partial charge < -0.3 is 5.73 Å². The molecule has 0 amide bonds. The summed E-state index contributed by atoms with van der Waals surface area (Å²) in [6.45, 7) is 0. The molecule has 2 heterocycles. The second-order valence-electron chi connectivity index (χ2n) is 3.15. The number of halogens is 3. The molecule has 0 aliphatic carbocycles. The van der Waals surface area contributed by atoms with Gasteiger partial charge in [0.2, 0.25) is 0 Å². The van der Waals surface area contributed by atoms with Gasteiger partial charge in [-0.3, -0.25) is 4.98 Å². The van der Waals surface area contributed by atoms with E-state index in [1.807, 2.05) is 6.07 Å². The summed E-state index contributed by atoms with van der Waals surface area (Å²) in [6.07, 6.45) is 2.71. The number of hydrogen-bond donors (Lipinski definition) is 1. The Hall–Kier alpha value is -0.300. The average Bonchev–Trinajstić information content (AvgIpc) is 2.58. The van der Waals surface area contributed by atoms with Gasteiger partial charge in [0.15, 0.2) is 0 Å². The molecule has 2 aromatic heterocycles. The zero-order valence-electron chi connectivity index (χ0n) is 7.95. The smallest absolute Gasteiger partial charge is 0.146 e. The molecule has 2 aromatic rings. The first-order chi connectivity index (χ1) is 7.59. The molecular formula is C10H7Br2FN2S. The first-order valence-corrected chi connectivity index (χ1v) is 6.79. The van der Waals surface area contributed by atoms with E-state index in [1.54, 1.807) is 6.07 Å². The maximum absolute atomic E-state index is 13.5. The van der Waals surface area contributed by atoms with Gasteiger partial charge in [0.1, 0.15) is 5.82 Å². The van der Waals surface area contributed by atoms with Crippen molar-refractivity contribution in [3.8, 4) is 0 Å². The molecule has 2 nitrogen and oxygen atoms in total. The van der Waals surface area contributed by atoms with Crippen LogP contribution in [0.4, 0.5) is 4.39 Å². The molecule has 0 bridgehead atoms. The summed E-state index contributed by atoms with van der Waals surface area (Å²) in [6, 6.07) is 3.00. The highest BCUT2D eigenvalue weighted by Crippen LogP contribution is 2.37. The Morgan fingerprint density at radius 2 is 2.12 bits per heavy atom. The number of thiophene rings is 1. The number of aromatic nitrogens is 1. The van der Waals surface area contributed by atoms with E-state index in [4.69, 9.17) is 5.73 Å². The third kappa shape index (κ3) is 2.34. The van der Waals surface area contributed by atoms with Crippen molar-refractivity contribution in [3.63, 3.8) is 0 Å². The first-order valence-electron chi connectivity index (χ1n) is 4.39. The molecule has 0 aromatic carbocycles. The summed E-state index contributed by atoms with van der Waals surface area (Å²) < 4.78 is 15.4. The SMILES string of the molecule is NC(c1ccncc1F)c1cc(Br)sc1Br. The molecule has 2 rings (SSSR count). The topological polar surface area (TPSA) is 38.9 Å². The fourth-order valence-electron chi connectivity index (χ4n) is 1.37. The van der Waals surface area contributed by atoms with Crippen molar-refractivity contribution in [1.82, 2.24) is 4.98 Å². The zero-order chi connectivity index (χ0) is 11.7. The third-order valence-corrected chi connectivity index (χ3v) is 4.54. The highest BCUT2D eigenvalue weighted by molar-refractivity contribution is 9.12. The molecule has 0 aliphatic rings. The molecule has 16 heavy (non-hydrogen) atoms. The lowest BCUT2D eigenvalue weighted by atomic mass is 10.0. The van der Waals surface area contributed by atoms with Crippen LogP contribution in [0.2, 0.25) is 0 Å². The van der Waals surface area contributed by atoms with Crippen LogP contribution < -0.4 is 5.73 Å². The van der Waals surface area contributed by atoms with Gasteiger partial charge in [0.05, 0.1) is 19.8 Å². The Kier molecular flexibility index (Phi) is 3.73. The van der Waals surface area contributed by atoms with Crippen LogP contribution in [-0.2, 0) is 0 Å². The first kappa shape index (κ1) is 12.2. The second kappa shape index (κ2) is 4.91. The Balaban J connectivity index is 2.43. The summed E-state index contributed by atoms with van der Waals surface area (Å²) in [5, 5.41) is 0. The van der Waals surface area contributed by atoms with E-state index in [1.165, 1.54) is 23.7 Å². The van der Waals surface area contributed by atoms with Crippen LogP contribution in [0.3, 0.4) is 0 Å². The molecule has 0 radical (unpaired) electrons. The van der Waals surface area contributed by atoms with Gasteiger partial charge in [-0.2, -0.15) is 0 Å². The molecular weight excluding hydrogens is 359 g/mol. The zero-order valence-corrected chi connectivity index (χ0v) is 11.9. The monoisotopic (exact) mass is 364 g/mol. The number of nitrogens with zero attached hydrogens (tertiary/aromatic N) is 1. The van der Waals surface area contributed by atoms with Crippen LogP contribution in [-0.4, -0.2) is 4.98 Å². The minimum atomic E-state index is -0.486. The van der Waals surface area contributed by atoms with Crippen molar-refractivity contribution in [2.45, 2.75) is 6.04 Å². The molecule has 0 aliphatic heterocycles. The van der Waals surface area contributed by atoms with Gasteiger partial charge in [-0.05, 0) is 49.6 Å². The molecule has 0 spiro atoms. The largest absolute Gasteiger partial charge is 0.320 e. The van der Waals surface area contributed by atoms with Crippen LogP contribution in [0.1, 0.15) is 17.2 Å². The van der Waals surface area contributed by atoms with Gasteiger partial charge in [0.25, 0.3) is 0 Å². The van der Waals surface area contributed by atoms with E-state index in [0.29, 0.717) is 5.56 Å². The maximum atomic E-state index is 13.5. The van der Waals surface area contributed by atoms with Crippen LogP contribution in [0.25, 0.3) is 0 Å². The van der Waals surface area contributed by atoms with Gasteiger partial charge >= 0.3 is 0 Å². The van der Waals surface area contributed by atoms with Crippen molar-refractivity contribution in [3.05, 3.63) is 49.0 Å². The Morgan fingerprint density at radius 3 is 2.69 bits per heavy atom. The van der Waals surface area contributed by atoms with Gasteiger partial charge in [0, 0.05) is 11.8 Å². The fourth-order valence-corrected chi connectivity index (χ4v) is 4.30. The highest BCUT2D eigenvalue weighted by atomic mass is 79.9. The van der Waals surface area contributed by atoms with Gasteiger partial charge in [-0.25, -0.2) is 4.39 Å². The number of rotatable bonds is 2. The molecule has 84 valence electrons. The summed E-state index contributed by atoms with van der Waals surface area (Å²) in [7, 11) is 0. The van der Waals surface area contributed by atoms with Crippen LogP contribution in [0.15, 0.2) is 32.1 Å². The maximum Gasteiger partial charge on any atom is 0.146 e. The van der Waals surface area contributed by atoms with Gasteiger partial charge in [-0.1, -0.05) is 0 Å². The Labute approximate surface area is 113 Å². The van der Waals surface area contributed by atoms with Crippen molar-refractivity contribution < 1.29 is 4.39 Å². The minimum absolute atomic E-state index is 0.385. The van der Waals surface area contributed by atoms with Crippen molar-refractivity contribution in [2.75, 3.05) is 0 Å². The summed E-state index contributed by atoms with van der Waals surface area (Å²) >= 11 is 8.29. The fraction of sp³-hybridized carbons (Fsp3) is 0.100. The van der Waals surface area contributed by atoms with E-state index in [-0.39, 0.29) is 5.82 Å². The van der Waals surface area contributed by atoms with E-state index in [2.05, 4.69) is 36.8 Å². The molecule has 6 heteroatoms. The highest BCUT2D eigenvalue weighted by Gasteiger charge is 2.18. The van der Waals surface area contributed by atoms with Crippen molar-refractivity contribution >= 4 is 43.2 Å². The summed E-state index contributed by atoms with van der Waals surface area (Å²) in [5.74, 6) is -0.385. The molecule has 0 saturated heterocycles. The van der Waals surface area contributed by atoms with E-state index in [9.17, 15) is 4.39 Å². The predicted octanol–water partition coefficient (Wildman–Crippen LogP) is 3.86. The predicted molar refractivity (Wildman–Crippen MR) is 69.9 cm³/mol.